The van der Waals surface area contributed by atoms with Crippen molar-refractivity contribution in [3.05, 3.63) is 53.3 Å². The Labute approximate surface area is 113 Å². The fraction of sp³-hybridized carbons (Fsp3) is 0.267. The van der Waals surface area contributed by atoms with Crippen molar-refractivity contribution < 1.29 is 0 Å². The van der Waals surface area contributed by atoms with Crippen LogP contribution in [0.2, 0.25) is 5.02 Å². The predicted molar refractivity (Wildman–Crippen MR) is 76.7 cm³/mol. The summed E-state index contributed by atoms with van der Waals surface area (Å²) in [5, 5.41) is 4.18. The molecule has 1 aromatic heterocycles. The second-order valence-electron chi connectivity index (χ2n) is 4.22. The van der Waals surface area contributed by atoms with Crippen molar-refractivity contribution in [3.8, 4) is 11.1 Å². The molecule has 0 aliphatic heterocycles. The highest BCUT2D eigenvalue weighted by molar-refractivity contribution is 6.30. The number of hydrogen-bond acceptors (Lipinski definition) is 2. The number of halogens is 1. The van der Waals surface area contributed by atoms with Gasteiger partial charge in [0.25, 0.3) is 0 Å². The maximum atomic E-state index is 6.07. The molecular formula is C15H17ClN2. The van der Waals surface area contributed by atoms with Gasteiger partial charge in [0, 0.05) is 29.5 Å². The molecule has 94 valence electrons. The number of nitrogens with zero attached hydrogens (tertiary/aromatic N) is 1. The fourth-order valence-corrected chi connectivity index (χ4v) is 2.11. The van der Waals surface area contributed by atoms with Gasteiger partial charge in [0.2, 0.25) is 0 Å². The second-order valence-corrected chi connectivity index (χ2v) is 4.66. The lowest BCUT2D eigenvalue weighted by molar-refractivity contribution is 0.676. The summed E-state index contributed by atoms with van der Waals surface area (Å²) in [4.78, 5) is 4.17. The highest BCUT2D eigenvalue weighted by atomic mass is 35.5. The Morgan fingerprint density at radius 1 is 1.28 bits per heavy atom. The first-order valence-electron chi connectivity index (χ1n) is 6.21. The molecule has 0 saturated carbocycles. The zero-order valence-electron chi connectivity index (χ0n) is 10.5. The van der Waals surface area contributed by atoms with Crippen LogP contribution in [-0.4, -0.2) is 11.5 Å². The van der Waals surface area contributed by atoms with Crippen LogP contribution in [-0.2, 0) is 6.54 Å². The summed E-state index contributed by atoms with van der Waals surface area (Å²) in [6.45, 7) is 4.00. The molecule has 0 bridgehead atoms. The molecule has 0 aliphatic carbocycles. The van der Waals surface area contributed by atoms with Crippen molar-refractivity contribution in [3.63, 3.8) is 0 Å². The van der Waals surface area contributed by atoms with Crippen LogP contribution in [0, 0.1) is 0 Å². The largest absolute Gasteiger partial charge is 0.313 e. The van der Waals surface area contributed by atoms with E-state index in [1.165, 1.54) is 11.1 Å². The second kappa shape index (κ2) is 6.53. The number of rotatable bonds is 5. The van der Waals surface area contributed by atoms with Gasteiger partial charge in [0.1, 0.15) is 0 Å². The summed E-state index contributed by atoms with van der Waals surface area (Å²) < 4.78 is 0. The molecular weight excluding hydrogens is 244 g/mol. The Bertz CT molecular complexity index is 497. The molecule has 0 saturated heterocycles. The third-order valence-corrected chi connectivity index (χ3v) is 3.02. The molecule has 0 aliphatic rings. The van der Waals surface area contributed by atoms with Gasteiger partial charge in [-0.3, -0.25) is 4.98 Å². The van der Waals surface area contributed by atoms with E-state index < -0.39 is 0 Å². The molecule has 1 aromatic carbocycles. The number of aromatic nitrogens is 1. The van der Waals surface area contributed by atoms with E-state index in [9.17, 15) is 0 Å². The third kappa shape index (κ3) is 3.31. The SMILES string of the molecule is CCCNCc1cc(Cl)ccc1-c1cccnc1. The first kappa shape index (κ1) is 13.1. The van der Waals surface area contributed by atoms with Crippen LogP contribution in [0.3, 0.4) is 0 Å². The van der Waals surface area contributed by atoms with Crippen LogP contribution in [0.15, 0.2) is 42.7 Å². The summed E-state index contributed by atoms with van der Waals surface area (Å²) >= 11 is 6.07. The number of hydrogen-bond donors (Lipinski definition) is 1. The Balaban J connectivity index is 2.29. The van der Waals surface area contributed by atoms with Gasteiger partial charge in [0.05, 0.1) is 0 Å². The van der Waals surface area contributed by atoms with Crippen molar-refractivity contribution >= 4 is 11.6 Å². The average Bonchev–Trinajstić information content (AvgIpc) is 2.40. The molecule has 0 radical (unpaired) electrons. The molecule has 0 unspecified atom stereocenters. The Morgan fingerprint density at radius 3 is 2.89 bits per heavy atom. The Hall–Kier alpha value is -1.38. The van der Waals surface area contributed by atoms with Gasteiger partial charge in [0.15, 0.2) is 0 Å². The third-order valence-electron chi connectivity index (χ3n) is 2.78. The monoisotopic (exact) mass is 260 g/mol. The van der Waals surface area contributed by atoms with Crippen LogP contribution in [0.5, 0.6) is 0 Å². The number of benzene rings is 1. The van der Waals surface area contributed by atoms with Crippen molar-refractivity contribution in [2.24, 2.45) is 0 Å². The molecule has 0 atom stereocenters. The summed E-state index contributed by atoms with van der Waals surface area (Å²) in [6.07, 6.45) is 4.80. The van der Waals surface area contributed by atoms with E-state index in [0.29, 0.717) is 0 Å². The zero-order chi connectivity index (χ0) is 12.8. The van der Waals surface area contributed by atoms with E-state index in [4.69, 9.17) is 11.6 Å². The average molecular weight is 261 g/mol. The smallest absolute Gasteiger partial charge is 0.0409 e. The van der Waals surface area contributed by atoms with Crippen LogP contribution in [0.25, 0.3) is 11.1 Å². The molecule has 18 heavy (non-hydrogen) atoms. The predicted octanol–water partition coefficient (Wildman–Crippen LogP) is 3.90. The van der Waals surface area contributed by atoms with Gasteiger partial charge < -0.3 is 5.32 Å². The standard InChI is InChI=1S/C15H17ClN2/c1-2-7-17-11-13-9-14(16)5-6-15(13)12-4-3-8-18-10-12/h3-6,8-10,17H,2,7,11H2,1H3. The molecule has 0 amide bonds. The molecule has 0 fully saturated rings. The van der Waals surface area contributed by atoms with Gasteiger partial charge in [-0.25, -0.2) is 0 Å². The van der Waals surface area contributed by atoms with Crippen molar-refractivity contribution in [1.29, 1.82) is 0 Å². The molecule has 2 aromatic rings. The van der Waals surface area contributed by atoms with Crippen LogP contribution >= 0.6 is 11.6 Å². The van der Waals surface area contributed by atoms with E-state index in [1.807, 2.05) is 24.4 Å². The first-order chi connectivity index (χ1) is 8.81. The quantitative estimate of drug-likeness (QED) is 0.825. The first-order valence-corrected chi connectivity index (χ1v) is 6.58. The van der Waals surface area contributed by atoms with Crippen molar-refractivity contribution in [2.45, 2.75) is 19.9 Å². The normalized spacial score (nSPS) is 10.6. The minimum atomic E-state index is 0.774. The highest BCUT2D eigenvalue weighted by Gasteiger charge is 2.05. The zero-order valence-corrected chi connectivity index (χ0v) is 11.2. The lowest BCUT2D eigenvalue weighted by Gasteiger charge is -2.11. The van der Waals surface area contributed by atoms with Gasteiger partial charge in [-0.2, -0.15) is 0 Å². The maximum absolute atomic E-state index is 6.07. The van der Waals surface area contributed by atoms with Crippen LogP contribution < -0.4 is 5.32 Å². The number of nitrogens with one attached hydrogen (secondary N) is 1. The Kier molecular flexibility index (Phi) is 4.73. The lowest BCUT2D eigenvalue weighted by atomic mass is 10.0. The molecule has 3 heteroatoms. The van der Waals surface area contributed by atoms with Crippen molar-refractivity contribution in [1.82, 2.24) is 10.3 Å². The molecule has 2 nitrogen and oxygen atoms in total. The van der Waals surface area contributed by atoms with E-state index in [0.717, 1.165) is 30.1 Å². The van der Waals surface area contributed by atoms with Crippen molar-refractivity contribution in [2.75, 3.05) is 6.54 Å². The fourth-order valence-electron chi connectivity index (χ4n) is 1.91. The minimum Gasteiger partial charge on any atom is -0.313 e. The van der Waals surface area contributed by atoms with Gasteiger partial charge in [-0.05, 0) is 42.3 Å². The van der Waals surface area contributed by atoms with Gasteiger partial charge in [-0.15, -0.1) is 0 Å². The molecule has 0 spiro atoms. The summed E-state index contributed by atoms with van der Waals surface area (Å²) in [5.74, 6) is 0. The topological polar surface area (TPSA) is 24.9 Å². The van der Waals surface area contributed by atoms with Gasteiger partial charge in [-0.1, -0.05) is 30.7 Å². The van der Waals surface area contributed by atoms with Crippen LogP contribution in [0.1, 0.15) is 18.9 Å². The van der Waals surface area contributed by atoms with E-state index in [2.05, 4.69) is 29.4 Å². The molecule has 1 heterocycles. The summed E-state index contributed by atoms with van der Waals surface area (Å²) in [5.41, 5.74) is 3.53. The highest BCUT2D eigenvalue weighted by Crippen LogP contribution is 2.25. The van der Waals surface area contributed by atoms with E-state index >= 15 is 0 Å². The van der Waals surface area contributed by atoms with E-state index in [-0.39, 0.29) is 0 Å². The summed E-state index contributed by atoms with van der Waals surface area (Å²) in [6, 6.07) is 10.0. The van der Waals surface area contributed by atoms with Gasteiger partial charge >= 0.3 is 0 Å². The maximum Gasteiger partial charge on any atom is 0.0409 e. The minimum absolute atomic E-state index is 0.774. The van der Waals surface area contributed by atoms with Crippen LogP contribution in [0.4, 0.5) is 0 Å². The lowest BCUT2D eigenvalue weighted by Crippen LogP contribution is -2.14. The molecule has 2 rings (SSSR count). The molecule has 1 N–H and O–H groups in total. The van der Waals surface area contributed by atoms with E-state index in [1.54, 1.807) is 6.20 Å². The Morgan fingerprint density at radius 2 is 2.17 bits per heavy atom. The summed E-state index contributed by atoms with van der Waals surface area (Å²) in [7, 11) is 0. The number of pyridine rings is 1.